The molecule has 2 aliphatic rings. The lowest BCUT2D eigenvalue weighted by molar-refractivity contribution is -0.128. The van der Waals surface area contributed by atoms with Crippen LogP contribution in [-0.4, -0.2) is 17.5 Å². The van der Waals surface area contributed by atoms with Gasteiger partial charge in [0.05, 0.1) is 5.54 Å². The summed E-state index contributed by atoms with van der Waals surface area (Å²) >= 11 is 0. The standard InChI is InChI=1S/C15H28N2O/c1-12(13-8-4-2-5-9-13)17-14(18)15(16)10-6-3-7-11-15/h12-13H,2-11,16H2,1H3,(H,17,18)/t12-/m0/s1. The Hall–Kier alpha value is -0.570. The van der Waals surface area contributed by atoms with Crippen LogP contribution in [0.4, 0.5) is 0 Å². The summed E-state index contributed by atoms with van der Waals surface area (Å²) in [6.07, 6.45) is 11.7. The molecule has 2 fully saturated rings. The van der Waals surface area contributed by atoms with Crippen LogP contribution >= 0.6 is 0 Å². The lowest BCUT2D eigenvalue weighted by Gasteiger charge is -2.35. The van der Waals surface area contributed by atoms with Gasteiger partial charge in [0.15, 0.2) is 0 Å². The molecule has 0 saturated heterocycles. The van der Waals surface area contributed by atoms with Crippen molar-refractivity contribution in [3.05, 3.63) is 0 Å². The molecule has 0 bridgehead atoms. The lowest BCUT2D eigenvalue weighted by Crippen LogP contribution is -2.57. The molecule has 1 atom stereocenters. The van der Waals surface area contributed by atoms with Crippen LogP contribution in [0.3, 0.4) is 0 Å². The van der Waals surface area contributed by atoms with Crippen LogP contribution in [0.15, 0.2) is 0 Å². The van der Waals surface area contributed by atoms with Gasteiger partial charge in [0.2, 0.25) is 5.91 Å². The van der Waals surface area contributed by atoms with Gasteiger partial charge in [-0.1, -0.05) is 38.5 Å². The molecule has 3 nitrogen and oxygen atoms in total. The van der Waals surface area contributed by atoms with Gasteiger partial charge in [0.1, 0.15) is 0 Å². The second kappa shape index (κ2) is 6.05. The van der Waals surface area contributed by atoms with E-state index in [0.717, 1.165) is 25.7 Å². The van der Waals surface area contributed by atoms with Crippen molar-refractivity contribution in [2.45, 2.75) is 82.7 Å². The van der Waals surface area contributed by atoms with Gasteiger partial charge < -0.3 is 11.1 Å². The summed E-state index contributed by atoms with van der Waals surface area (Å²) in [4.78, 5) is 12.3. The normalized spacial score (nSPS) is 26.6. The molecule has 1 amide bonds. The number of nitrogens with one attached hydrogen (secondary N) is 1. The number of amides is 1. The van der Waals surface area contributed by atoms with Crippen molar-refractivity contribution < 1.29 is 4.79 Å². The Balaban J connectivity index is 1.85. The van der Waals surface area contributed by atoms with Gasteiger partial charge in [-0.05, 0) is 38.5 Å². The average Bonchev–Trinajstić information content (AvgIpc) is 2.40. The van der Waals surface area contributed by atoms with Crippen LogP contribution in [-0.2, 0) is 4.79 Å². The van der Waals surface area contributed by atoms with Gasteiger partial charge >= 0.3 is 0 Å². The summed E-state index contributed by atoms with van der Waals surface area (Å²) in [5, 5.41) is 3.20. The summed E-state index contributed by atoms with van der Waals surface area (Å²) in [6.45, 7) is 2.15. The summed E-state index contributed by atoms with van der Waals surface area (Å²) in [5.74, 6) is 0.759. The van der Waals surface area contributed by atoms with E-state index in [0.29, 0.717) is 12.0 Å². The zero-order valence-electron chi connectivity index (χ0n) is 11.7. The maximum atomic E-state index is 12.3. The maximum absolute atomic E-state index is 12.3. The molecule has 3 heteroatoms. The molecule has 0 unspecified atom stereocenters. The molecule has 0 aromatic heterocycles. The third-order valence-electron chi connectivity index (χ3n) is 4.91. The van der Waals surface area contributed by atoms with Gasteiger partial charge in [-0.25, -0.2) is 0 Å². The molecule has 2 rings (SSSR count). The van der Waals surface area contributed by atoms with Gasteiger partial charge in [0, 0.05) is 6.04 Å². The fourth-order valence-corrected chi connectivity index (χ4v) is 3.51. The molecule has 0 aromatic carbocycles. The second-order valence-electron chi connectivity index (χ2n) is 6.38. The van der Waals surface area contributed by atoms with E-state index in [-0.39, 0.29) is 5.91 Å². The first-order chi connectivity index (χ1) is 8.62. The highest BCUT2D eigenvalue weighted by Gasteiger charge is 2.36. The van der Waals surface area contributed by atoms with Crippen LogP contribution in [0.5, 0.6) is 0 Å². The number of hydrogen-bond donors (Lipinski definition) is 2. The van der Waals surface area contributed by atoms with Crippen LogP contribution in [0, 0.1) is 5.92 Å². The predicted octanol–water partition coefficient (Wildman–Crippen LogP) is 2.73. The smallest absolute Gasteiger partial charge is 0.240 e. The minimum Gasteiger partial charge on any atom is -0.352 e. The molecule has 18 heavy (non-hydrogen) atoms. The number of hydrogen-bond acceptors (Lipinski definition) is 2. The van der Waals surface area contributed by atoms with E-state index in [2.05, 4.69) is 12.2 Å². The molecular weight excluding hydrogens is 224 g/mol. The van der Waals surface area contributed by atoms with Crippen molar-refractivity contribution in [2.75, 3.05) is 0 Å². The molecule has 3 N–H and O–H groups in total. The Morgan fingerprint density at radius 1 is 1.11 bits per heavy atom. The number of nitrogens with two attached hydrogens (primary N) is 1. The summed E-state index contributed by atoms with van der Waals surface area (Å²) in [5.41, 5.74) is 5.69. The third kappa shape index (κ3) is 3.25. The maximum Gasteiger partial charge on any atom is 0.240 e. The van der Waals surface area contributed by atoms with Crippen molar-refractivity contribution in [1.29, 1.82) is 0 Å². The molecule has 0 radical (unpaired) electrons. The summed E-state index contributed by atoms with van der Waals surface area (Å²) in [7, 11) is 0. The highest BCUT2D eigenvalue weighted by molar-refractivity contribution is 5.86. The Bertz CT molecular complexity index is 278. The molecule has 2 aliphatic carbocycles. The van der Waals surface area contributed by atoms with Crippen LogP contribution in [0.2, 0.25) is 0 Å². The quantitative estimate of drug-likeness (QED) is 0.811. The first kappa shape index (κ1) is 13.9. The third-order valence-corrected chi connectivity index (χ3v) is 4.91. The highest BCUT2D eigenvalue weighted by atomic mass is 16.2. The van der Waals surface area contributed by atoms with Gasteiger partial charge in [0.25, 0.3) is 0 Å². The van der Waals surface area contributed by atoms with Crippen molar-refractivity contribution in [1.82, 2.24) is 5.32 Å². The fraction of sp³-hybridized carbons (Fsp3) is 0.933. The first-order valence-corrected chi connectivity index (χ1v) is 7.72. The monoisotopic (exact) mass is 252 g/mol. The number of carbonyl (C=O) groups is 1. The van der Waals surface area contributed by atoms with Crippen molar-refractivity contribution in [3.8, 4) is 0 Å². The molecule has 0 aromatic rings. The molecule has 104 valence electrons. The van der Waals surface area contributed by atoms with Crippen molar-refractivity contribution in [3.63, 3.8) is 0 Å². The average molecular weight is 252 g/mol. The van der Waals surface area contributed by atoms with Crippen LogP contribution < -0.4 is 11.1 Å². The van der Waals surface area contributed by atoms with Crippen molar-refractivity contribution >= 4 is 5.91 Å². The molecule has 2 saturated carbocycles. The Kier molecular flexibility index (Phi) is 4.66. The predicted molar refractivity (Wildman–Crippen MR) is 74.2 cm³/mol. The summed E-state index contributed by atoms with van der Waals surface area (Å²) in [6, 6.07) is 0.292. The Labute approximate surface area is 111 Å². The van der Waals surface area contributed by atoms with Crippen molar-refractivity contribution in [2.24, 2.45) is 11.7 Å². The van der Waals surface area contributed by atoms with E-state index in [4.69, 9.17) is 5.73 Å². The van der Waals surface area contributed by atoms with E-state index in [1.54, 1.807) is 0 Å². The highest BCUT2D eigenvalue weighted by Crippen LogP contribution is 2.29. The topological polar surface area (TPSA) is 55.1 Å². The molecule has 0 aliphatic heterocycles. The first-order valence-electron chi connectivity index (χ1n) is 7.72. The zero-order chi connectivity index (χ0) is 13.0. The fourth-order valence-electron chi connectivity index (χ4n) is 3.51. The SMILES string of the molecule is C[C@H](NC(=O)C1(N)CCCCC1)C1CCCCC1. The van der Waals surface area contributed by atoms with Gasteiger partial charge in [-0.2, -0.15) is 0 Å². The van der Waals surface area contributed by atoms with Gasteiger partial charge in [-0.3, -0.25) is 4.79 Å². The van der Waals surface area contributed by atoms with E-state index in [1.165, 1.54) is 38.5 Å². The number of carbonyl (C=O) groups excluding carboxylic acids is 1. The van der Waals surface area contributed by atoms with Crippen LogP contribution in [0.25, 0.3) is 0 Å². The number of rotatable bonds is 3. The minimum absolute atomic E-state index is 0.0975. The summed E-state index contributed by atoms with van der Waals surface area (Å²) < 4.78 is 0. The molecular formula is C15H28N2O. The zero-order valence-corrected chi connectivity index (χ0v) is 11.7. The minimum atomic E-state index is -0.582. The largest absolute Gasteiger partial charge is 0.352 e. The van der Waals surface area contributed by atoms with E-state index >= 15 is 0 Å². The van der Waals surface area contributed by atoms with E-state index in [9.17, 15) is 4.79 Å². The van der Waals surface area contributed by atoms with E-state index in [1.807, 2.05) is 0 Å². The van der Waals surface area contributed by atoms with Crippen LogP contribution in [0.1, 0.15) is 71.1 Å². The Morgan fingerprint density at radius 2 is 1.67 bits per heavy atom. The van der Waals surface area contributed by atoms with Gasteiger partial charge in [-0.15, -0.1) is 0 Å². The van der Waals surface area contributed by atoms with E-state index < -0.39 is 5.54 Å². The molecule has 0 heterocycles. The molecule has 0 spiro atoms. The Morgan fingerprint density at radius 3 is 2.28 bits per heavy atom. The lowest BCUT2D eigenvalue weighted by atomic mass is 9.80. The second-order valence-corrected chi connectivity index (χ2v) is 6.38.